The molecule has 2 saturated heterocycles. The number of hydrogen-bond donors (Lipinski definition) is 4. The van der Waals surface area contributed by atoms with Crippen molar-refractivity contribution in [2.45, 2.75) is 56.5 Å². The lowest BCUT2D eigenvalue weighted by Crippen LogP contribution is -2.60. The summed E-state index contributed by atoms with van der Waals surface area (Å²) in [7, 11) is 0. The zero-order valence-electron chi connectivity index (χ0n) is 20.1. The van der Waals surface area contributed by atoms with Crippen molar-refractivity contribution in [1.82, 2.24) is 9.78 Å². The van der Waals surface area contributed by atoms with Crippen LogP contribution in [0, 0.1) is 6.92 Å². The van der Waals surface area contributed by atoms with Crippen molar-refractivity contribution in [3.63, 3.8) is 0 Å². The van der Waals surface area contributed by atoms with Crippen LogP contribution in [0.25, 0.3) is 11.1 Å². The van der Waals surface area contributed by atoms with Gasteiger partial charge in [0.1, 0.15) is 24.4 Å². The van der Waals surface area contributed by atoms with Gasteiger partial charge in [-0.1, -0.05) is 54.6 Å². The van der Waals surface area contributed by atoms with E-state index in [1.165, 1.54) is 0 Å². The number of hydrogen-bond acceptors (Lipinski definition) is 8. The third-order valence-corrected chi connectivity index (χ3v) is 7.01. The monoisotopic (exact) mass is 496 g/mol. The Kier molecular flexibility index (Phi) is 7.38. The molecule has 4 N–H and O–H groups in total. The number of rotatable bonds is 7. The molecule has 1 aromatic heterocycles. The molecule has 9 heteroatoms. The number of benzene rings is 2. The van der Waals surface area contributed by atoms with Crippen molar-refractivity contribution in [1.29, 1.82) is 0 Å². The van der Waals surface area contributed by atoms with E-state index in [0.717, 1.165) is 34.4 Å². The minimum absolute atomic E-state index is 0.0661. The SMILES string of the molecule is Cc1c(Cc2ccc(-c3ccccc3)cc2)c(O[C@@H]2O[C@H](CO)[C@@H](O)[C@H](O)[C@H]2O)nn1C1CCOC1. The summed E-state index contributed by atoms with van der Waals surface area (Å²) in [5, 5.41) is 45.0. The number of nitrogens with zero attached hydrogens (tertiary/aromatic N) is 2. The van der Waals surface area contributed by atoms with Gasteiger partial charge in [-0.25, -0.2) is 0 Å². The first-order valence-corrected chi connectivity index (χ1v) is 12.2. The Morgan fingerprint density at radius 1 is 0.972 bits per heavy atom. The second-order valence-corrected chi connectivity index (χ2v) is 9.39. The highest BCUT2D eigenvalue weighted by Crippen LogP contribution is 2.32. The molecule has 2 aliphatic heterocycles. The highest BCUT2D eigenvalue weighted by atomic mass is 16.7. The molecule has 0 bridgehead atoms. The lowest BCUT2D eigenvalue weighted by molar-refractivity contribution is -0.278. The Morgan fingerprint density at radius 3 is 2.36 bits per heavy atom. The zero-order chi connectivity index (χ0) is 25.2. The van der Waals surface area contributed by atoms with Gasteiger partial charge in [0, 0.05) is 24.3 Å². The van der Waals surface area contributed by atoms with Gasteiger partial charge in [0.05, 0.1) is 19.3 Å². The largest absolute Gasteiger partial charge is 0.443 e. The maximum Gasteiger partial charge on any atom is 0.239 e. The van der Waals surface area contributed by atoms with Crippen LogP contribution in [0.1, 0.15) is 29.3 Å². The Balaban J connectivity index is 1.43. The molecule has 3 aromatic rings. The quantitative estimate of drug-likeness (QED) is 0.389. The molecule has 2 fully saturated rings. The molecule has 3 heterocycles. The molecule has 36 heavy (non-hydrogen) atoms. The Bertz CT molecular complexity index is 1140. The average molecular weight is 497 g/mol. The Hall–Kier alpha value is -2.79. The molecule has 2 aromatic carbocycles. The fourth-order valence-electron chi connectivity index (χ4n) is 4.82. The van der Waals surface area contributed by atoms with Gasteiger partial charge >= 0.3 is 0 Å². The molecule has 6 atom stereocenters. The van der Waals surface area contributed by atoms with E-state index in [9.17, 15) is 20.4 Å². The first kappa shape index (κ1) is 24.9. The summed E-state index contributed by atoms with van der Waals surface area (Å²) in [6.07, 6.45) is -5.50. The standard InChI is InChI=1S/C27H32N2O7/c1-16-21(13-17-7-9-19(10-8-17)18-5-3-2-4-6-18)26(28-29(16)20-11-12-34-15-20)36-27-25(33)24(32)23(31)22(14-30)35-27/h2-10,20,22-25,27,30-33H,11-15H2,1H3/t20?,22-,23-,24+,25-,27+/m1/s1. The third kappa shape index (κ3) is 4.90. The highest BCUT2D eigenvalue weighted by Gasteiger charge is 2.45. The molecule has 9 nitrogen and oxygen atoms in total. The fourth-order valence-corrected chi connectivity index (χ4v) is 4.82. The Morgan fingerprint density at radius 2 is 1.69 bits per heavy atom. The minimum Gasteiger partial charge on any atom is -0.443 e. The van der Waals surface area contributed by atoms with Crippen LogP contribution < -0.4 is 4.74 Å². The summed E-state index contributed by atoms with van der Waals surface area (Å²) >= 11 is 0. The molecular weight excluding hydrogens is 464 g/mol. The van der Waals surface area contributed by atoms with Crippen LogP contribution in [-0.2, 0) is 15.9 Å². The van der Waals surface area contributed by atoms with Gasteiger partial charge in [0.15, 0.2) is 0 Å². The summed E-state index contributed by atoms with van der Waals surface area (Å²) in [4.78, 5) is 0. The lowest BCUT2D eigenvalue weighted by Gasteiger charge is -2.39. The van der Waals surface area contributed by atoms with Crippen LogP contribution in [0.2, 0.25) is 0 Å². The van der Waals surface area contributed by atoms with Crippen molar-refractivity contribution >= 4 is 0 Å². The summed E-state index contributed by atoms with van der Waals surface area (Å²) in [5.41, 5.74) is 5.05. The normalized spacial score (nSPS) is 28.4. The second kappa shape index (κ2) is 10.7. The predicted octanol–water partition coefficient (Wildman–Crippen LogP) is 1.59. The van der Waals surface area contributed by atoms with Crippen molar-refractivity contribution in [2.24, 2.45) is 0 Å². The van der Waals surface area contributed by atoms with E-state index in [2.05, 4.69) is 36.4 Å². The summed E-state index contributed by atoms with van der Waals surface area (Å²) < 4.78 is 19.0. The van der Waals surface area contributed by atoms with Crippen molar-refractivity contribution < 1.29 is 34.6 Å². The first-order valence-electron chi connectivity index (χ1n) is 12.2. The first-order chi connectivity index (χ1) is 17.5. The second-order valence-electron chi connectivity index (χ2n) is 9.39. The van der Waals surface area contributed by atoms with E-state index < -0.39 is 37.3 Å². The lowest BCUT2D eigenvalue weighted by atomic mass is 9.99. The number of aliphatic hydroxyl groups excluding tert-OH is 4. The smallest absolute Gasteiger partial charge is 0.239 e. The fraction of sp³-hybridized carbons (Fsp3) is 0.444. The molecule has 192 valence electrons. The summed E-state index contributed by atoms with van der Waals surface area (Å²) in [5.74, 6) is 0.274. The van der Waals surface area contributed by atoms with Gasteiger partial charge in [-0.05, 0) is 30.0 Å². The van der Waals surface area contributed by atoms with E-state index in [0.29, 0.717) is 19.6 Å². The van der Waals surface area contributed by atoms with Crippen LogP contribution in [0.3, 0.4) is 0 Å². The molecule has 0 amide bonds. The highest BCUT2D eigenvalue weighted by molar-refractivity contribution is 5.63. The maximum atomic E-state index is 10.5. The van der Waals surface area contributed by atoms with Gasteiger partial charge in [0.25, 0.3) is 0 Å². The van der Waals surface area contributed by atoms with E-state index >= 15 is 0 Å². The van der Waals surface area contributed by atoms with Gasteiger partial charge < -0.3 is 34.6 Å². The van der Waals surface area contributed by atoms with Crippen molar-refractivity contribution in [3.8, 4) is 17.0 Å². The van der Waals surface area contributed by atoms with Gasteiger partial charge in [-0.2, -0.15) is 0 Å². The van der Waals surface area contributed by atoms with Crippen LogP contribution in [0.4, 0.5) is 0 Å². The van der Waals surface area contributed by atoms with E-state index in [-0.39, 0.29) is 11.9 Å². The van der Waals surface area contributed by atoms with E-state index in [1.54, 1.807) is 0 Å². The molecule has 0 aliphatic carbocycles. The summed E-state index contributed by atoms with van der Waals surface area (Å²) in [6, 6.07) is 18.5. The van der Waals surface area contributed by atoms with Crippen LogP contribution >= 0.6 is 0 Å². The topological polar surface area (TPSA) is 126 Å². The van der Waals surface area contributed by atoms with E-state index in [1.807, 2.05) is 29.8 Å². The van der Waals surface area contributed by atoms with Gasteiger partial charge in [-0.3, -0.25) is 4.68 Å². The van der Waals surface area contributed by atoms with Gasteiger partial charge in [-0.15, -0.1) is 5.10 Å². The molecule has 1 unspecified atom stereocenters. The number of aromatic nitrogens is 2. The molecular formula is C27H32N2O7. The maximum absolute atomic E-state index is 10.5. The number of ether oxygens (including phenoxy) is 3. The van der Waals surface area contributed by atoms with Crippen LogP contribution in [-0.4, -0.2) is 80.7 Å². The number of aliphatic hydroxyl groups is 4. The van der Waals surface area contributed by atoms with Crippen LogP contribution in [0.5, 0.6) is 5.88 Å². The van der Waals surface area contributed by atoms with Crippen molar-refractivity contribution in [2.75, 3.05) is 19.8 Å². The summed E-state index contributed by atoms with van der Waals surface area (Å²) in [6.45, 7) is 2.65. The molecule has 2 aliphatic rings. The molecule has 0 spiro atoms. The predicted molar refractivity (Wildman–Crippen MR) is 131 cm³/mol. The molecule has 0 saturated carbocycles. The van der Waals surface area contributed by atoms with Crippen LogP contribution in [0.15, 0.2) is 54.6 Å². The third-order valence-electron chi connectivity index (χ3n) is 7.01. The average Bonchev–Trinajstić information content (AvgIpc) is 3.54. The Labute approximate surface area is 209 Å². The minimum atomic E-state index is -1.53. The van der Waals surface area contributed by atoms with Gasteiger partial charge in [0.2, 0.25) is 12.2 Å². The molecule has 5 rings (SSSR count). The zero-order valence-corrected chi connectivity index (χ0v) is 20.1. The van der Waals surface area contributed by atoms with E-state index in [4.69, 9.17) is 19.3 Å². The molecule has 0 radical (unpaired) electrons. The van der Waals surface area contributed by atoms with Crippen molar-refractivity contribution in [3.05, 3.63) is 71.4 Å².